The zero-order chi connectivity index (χ0) is 19.7. The van der Waals surface area contributed by atoms with E-state index in [1.54, 1.807) is 27.2 Å². The minimum absolute atomic E-state index is 0.0741. The van der Waals surface area contributed by atoms with Crippen LogP contribution in [-0.2, 0) is 14.3 Å². The molecule has 0 spiro atoms. The summed E-state index contributed by atoms with van der Waals surface area (Å²) in [7, 11) is 5.00. The van der Waals surface area contributed by atoms with Crippen LogP contribution in [0.4, 0.5) is 0 Å². The van der Waals surface area contributed by atoms with Gasteiger partial charge in [-0.15, -0.1) is 0 Å². The molecule has 0 rings (SSSR count). The van der Waals surface area contributed by atoms with Gasteiger partial charge in [0.1, 0.15) is 6.54 Å². The molecule has 0 aromatic heterocycles. The number of ether oxygens (including phenoxy) is 1. The van der Waals surface area contributed by atoms with E-state index in [0.717, 1.165) is 31.8 Å². The fraction of sp³-hybridized carbons (Fsp3) is 0.765. The second-order valence-electron chi connectivity index (χ2n) is 6.33. The summed E-state index contributed by atoms with van der Waals surface area (Å²) in [5, 5.41) is 9.09. The van der Waals surface area contributed by atoms with E-state index in [-0.39, 0.29) is 11.0 Å². The molecule has 0 radical (unpaired) electrons. The number of carboxylic acids is 1. The van der Waals surface area contributed by atoms with Gasteiger partial charge in [0.25, 0.3) is 0 Å². The number of likely N-dealkylation sites (N-methyl/N-ethyl adjacent to an activating group) is 1. The van der Waals surface area contributed by atoms with E-state index in [2.05, 4.69) is 6.92 Å². The number of unbranched alkanes of at least 4 members (excludes halogenated alkanes) is 5. The predicted octanol–water partition coefficient (Wildman–Crippen LogP) is 3.00. The smallest absolute Gasteiger partial charge is 0.330 e. The zero-order valence-electron chi connectivity index (χ0n) is 17.2. The normalized spacial score (nSPS) is 17.4. The third kappa shape index (κ3) is 13.6. The van der Waals surface area contributed by atoms with Crippen LogP contribution in [0.2, 0.25) is 0 Å². The lowest BCUT2D eigenvalue weighted by molar-refractivity contribution is -0.873. The minimum Gasteiger partial charge on any atom is -0.481 e. The fourth-order valence-corrected chi connectivity index (χ4v) is 1.85. The summed E-state index contributed by atoms with van der Waals surface area (Å²) in [6, 6.07) is 0. The van der Waals surface area contributed by atoms with Crippen LogP contribution in [0.1, 0.15) is 55.9 Å². The first-order valence-electron chi connectivity index (χ1n) is 9.29. The Bertz CT molecular complexity index is 475. The van der Waals surface area contributed by atoms with E-state index in [0.29, 0.717) is 6.42 Å². The van der Waals surface area contributed by atoms with E-state index in [4.69, 9.17) is 14.0 Å². The predicted molar refractivity (Wildman–Crippen MR) is 87.5 cm³/mol. The molecule has 0 aliphatic heterocycles. The third-order valence-electron chi connectivity index (χ3n) is 2.82. The summed E-state index contributed by atoms with van der Waals surface area (Å²) in [5.74, 6) is -2.73. The molecular weight excluding hydrogens is 282 g/mol. The third-order valence-corrected chi connectivity index (χ3v) is 2.82. The molecule has 5 heteroatoms. The van der Waals surface area contributed by atoms with Crippen LogP contribution in [0.5, 0.6) is 0 Å². The highest BCUT2D eigenvalue weighted by atomic mass is 16.5. The second-order valence-corrected chi connectivity index (χ2v) is 6.33. The molecule has 0 aromatic carbocycles. The number of hydrogen-bond acceptors (Lipinski definition) is 3. The number of quaternary nitrogens is 1. The fourth-order valence-electron chi connectivity index (χ4n) is 1.85. The first-order valence-corrected chi connectivity index (χ1v) is 7.79. The Morgan fingerprint density at radius 1 is 1.27 bits per heavy atom. The Balaban J connectivity index is 4.86. The van der Waals surface area contributed by atoms with Crippen molar-refractivity contribution in [2.24, 2.45) is 0 Å². The molecule has 0 amide bonds. The van der Waals surface area contributed by atoms with Gasteiger partial charge in [-0.1, -0.05) is 38.7 Å². The molecule has 0 bridgehead atoms. The number of nitrogens with zero attached hydrogens (tertiary/aromatic N) is 1. The van der Waals surface area contributed by atoms with E-state index >= 15 is 0 Å². The molecule has 22 heavy (non-hydrogen) atoms. The lowest BCUT2D eigenvalue weighted by Gasteiger charge is -2.28. The van der Waals surface area contributed by atoms with E-state index in [9.17, 15) is 9.59 Å². The van der Waals surface area contributed by atoms with Gasteiger partial charge in [0.05, 0.1) is 28.9 Å². The molecule has 5 nitrogen and oxygen atoms in total. The van der Waals surface area contributed by atoms with Gasteiger partial charge < -0.3 is 14.3 Å². The molecule has 0 aliphatic carbocycles. The molecule has 0 aliphatic rings. The molecule has 1 atom stereocenters. The van der Waals surface area contributed by atoms with Crippen molar-refractivity contribution < 1.29 is 28.0 Å². The quantitative estimate of drug-likeness (QED) is 0.260. The minimum atomic E-state index is -3.03. The van der Waals surface area contributed by atoms with Crippen LogP contribution in [-0.4, -0.2) is 55.3 Å². The summed E-state index contributed by atoms with van der Waals surface area (Å²) < 4.78 is 28.6. The molecule has 0 aromatic rings. The first-order chi connectivity index (χ1) is 11.4. The van der Waals surface area contributed by atoms with Gasteiger partial charge in [-0.3, -0.25) is 4.79 Å². The average Bonchev–Trinajstić information content (AvgIpc) is 2.43. The molecular formula is C17H32NO4+. The number of esters is 1. The molecule has 0 fully saturated rings. The average molecular weight is 317 g/mol. The molecule has 0 saturated carbocycles. The number of carbonyl (C=O) groups is 2. The maximum atomic E-state index is 12.0. The van der Waals surface area contributed by atoms with Crippen molar-refractivity contribution in [1.82, 2.24) is 0 Å². The summed E-state index contributed by atoms with van der Waals surface area (Å²) in [5.41, 5.74) is 0. The zero-order valence-corrected chi connectivity index (χ0v) is 14.2. The topological polar surface area (TPSA) is 63.6 Å². The lowest BCUT2D eigenvalue weighted by atomic mass is 10.1. The summed E-state index contributed by atoms with van der Waals surface area (Å²) in [6.07, 6.45) is 3.39. The second kappa shape index (κ2) is 11.2. The highest BCUT2D eigenvalue weighted by Gasteiger charge is 2.23. The van der Waals surface area contributed by atoms with E-state index in [1.807, 2.05) is 0 Å². The Hall–Kier alpha value is -1.36. The van der Waals surface area contributed by atoms with Crippen molar-refractivity contribution in [3.05, 3.63) is 12.2 Å². The largest absolute Gasteiger partial charge is 0.481 e. The van der Waals surface area contributed by atoms with Crippen LogP contribution in [0.15, 0.2) is 12.2 Å². The highest BCUT2D eigenvalue weighted by Crippen LogP contribution is 2.07. The van der Waals surface area contributed by atoms with Crippen LogP contribution in [0.25, 0.3) is 0 Å². The van der Waals surface area contributed by atoms with Crippen molar-refractivity contribution in [3.63, 3.8) is 0 Å². The summed E-state index contributed by atoms with van der Waals surface area (Å²) >= 11 is 0. The molecule has 0 heterocycles. The molecule has 128 valence electrons. The van der Waals surface area contributed by atoms with Crippen LogP contribution >= 0.6 is 0 Å². The Morgan fingerprint density at radius 3 is 2.45 bits per heavy atom. The maximum absolute atomic E-state index is 12.0. The summed E-state index contributed by atoms with van der Waals surface area (Å²) in [6.45, 7) is 1.83. The molecule has 1 unspecified atom stereocenters. The lowest BCUT2D eigenvalue weighted by Crippen LogP contribution is -2.43. The van der Waals surface area contributed by atoms with Crippen molar-refractivity contribution in [2.45, 2.75) is 57.9 Å². The standard InChI is InChI=1S/C17H31NO4/c1-5-6-7-8-9-10-11-12-17(21)22-15(13-16(19)20)14-18(2,3)4/h11-12,15H,5-10,13-14H2,1-4H3/p+1/b12-11-/i13D2,15D. The van der Waals surface area contributed by atoms with Gasteiger partial charge in [-0.25, -0.2) is 4.79 Å². The van der Waals surface area contributed by atoms with E-state index < -0.39 is 24.4 Å². The number of carboxylic acid groups (broad SMARTS) is 1. The number of rotatable bonds is 12. The van der Waals surface area contributed by atoms with Crippen LogP contribution < -0.4 is 0 Å². The molecule has 0 saturated heterocycles. The Labute approximate surface area is 138 Å². The number of hydrogen-bond donors (Lipinski definition) is 1. The van der Waals surface area contributed by atoms with Crippen LogP contribution in [0.3, 0.4) is 0 Å². The Kier molecular flexibility index (Phi) is 7.94. The van der Waals surface area contributed by atoms with Crippen LogP contribution in [0, 0.1) is 0 Å². The SMILES string of the molecule is [2H]C(C[N+](C)(C)C)(OC(=O)/C=C\CCCCCCC)C([2H])([2H])C(=O)O. The maximum Gasteiger partial charge on any atom is 0.330 e. The van der Waals surface area contributed by atoms with E-state index in [1.165, 1.54) is 6.42 Å². The van der Waals surface area contributed by atoms with Gasteiger partial charge in [-0.2, -0.15) is 0 Å². The first kappa shape index (κ1) is 15.5. The number of allylic oxidation sites excluding steroid dienone is 1. The van der Waals surface area contributed by atoms with Gasteiger partial charge in [0.2, 0.25) is 0 Å². The van der Waals surface area contributed by atoms with Crippen molar-refractivity contribution in [3.8, 4) is 0 Å². The van der Waals surface area contributed by atoms with Gasteiger partial charge in [0.15, 0.2) is 6.08 Å². The number of carbonyl (C=O) groups excluding carboxylic acids is 1. The monoisotopic (exact) mass is 317 g/mol. The molecule has 1 N–H and O–H groups in total. The van der Waals surface area contributed by atoms with Crippen molar-refractivity contribution >= 4 is 11.9 Å². The number of aliphatic carboxylic acids is 1. The summed E-state index contributed by atoms with van der Waals surface area (Å²) in [4.78, 5) is 23.2. The van der Waals surface area contributed by atoms with Gasteiger partial charge in [0, 0.05) is 8.82 Å². The Morgan fingerprint density at radius 2 is 1.91 bits per heavy atom. The van der Waals surface area contributed by atoms with Crippen molar-refractivity contribution in [1.29, 1.82) is 0 Å². The van der Waals surface area contributed by atoms with Gasteiger partial charge >= 0.3 is 11.9 Å². The van der Waals surface area contributed by atoms with Crippen molar-refractivity contribution in [2.75, 3.05) is 27.7 Å². The highest BCUT2D eigenvalue weighted by molar-refractivity contribution is 5.82. The van der Waals surface area contributed by atoms with Gasteiger partial charge in [-0.05, 0) is 12.8 Å².